The number of nitro groups is 2. The molecule has 1 aromatic carbocycles. The summed E-state index contributed by atoms with van der Waals surface area (Å²) in [7, 11) is 0. The van der Waals surface area contributed by atoms with Crippen LogP contribution in [0.5, 0.6) is 0 Å². The normalized spacial score (nSPS) is 18.2. The highest BCUT2D eigenvalue weighted by molar-refractivity contribution is 5.70. The van der Waals surface area contributed by atoms with Gasteiger partial charge in [0, 0.05) is 23.2 Å². The molecule has 9 nitrogen and oxygen atoms in total. The first-order chi connectivity index (χ1) is 12.0. The molecule has 1 heterocycles. The number of rotatable bonds is 4. The molecule has 1 aliphatic rings. The van der Waals surface area contributed by atoms with Crippen LogP contribution in [0, 0.1) is 20.2 Å². The van der Waals surface area contributed by atoms with Crippen LogP contribution in [0.1, 0.15) is 52.5 Å². The molecular formula is C17H23N3O6. The number of nitrogens with zero attached hydrogens (tertiary/aromatic N) is 3. The summed E-state index contributed by atoms with van der Waals surface area (Å²) >= 11 is 0. The zero-order chi connectivity index (χ0) is 19.7. The molecule has 1 aromatic rings. The molecule has 0 unspecified atom stereocenters. The summed E-state index contributed by atoms with van der Waals surface area (Å²) in [5, 5.41) is 22.4. The summed E-state index contributed by atoms with van der Waals surface area (Å²) in [6.07, 6.45) is 1.94. The molecule has 26 heavy (non-hydrogen) atoms. The van der Waals surface area contributed by atoms with E-state index in [1.165, 1.54) is 6.07 Å². The highest BCUT2D eigenvalue weighted by atomic mass is 16.6. The van der Waals surface area contributed by atoms with Gasteiger partial charge < -0.3 is 4.74 Å². The van der Waals surface area contributed by atoms with E-state index in [4.69, 9.17) is 4.74 Å². The summed E-state index contributed by atoms with van der Waals surface area (Å²) in [5.41, 5.74) is -1.97. The Hall–Kier alpha value is -2.71. The lowest BCUT2D eigenvalue weighted by atomic mass is 9.80. The number of carbonyl (C=O) groups excluding carboxylic acids is 1. The highest BCUT2D eigenvalue weighted by Crippen LogP contribution is 2.39. The lowest BCUT2D eigenvalue weighted by Crippen LogP contribution is -2.61. The number of carbonyl (C=O) groups is 1. The van der Waals surface area contributed by atoms with Gasteiger partial charge in [0.25, 0.3) is 11.4 Å². The van der Waals surface area contributed by atoms with Gasteiger partial charge in [0.2, 0.25) is 0 Å². The van der Waals surface area contributed by atoms with Crippen LogP contribution in [-0.4, -0.2) is 31.9 Å². The van der Waals surface area contributed by atoms with Gasteiger partial charge in [0.15, 0.2) is 0 Å². The molecule has 142 valence electrons. The van der Waals surface area contributed by atoms with Gasteiger partial charge in [-0.05, 0) is 53.0 Å². The Morgan fingerprint density at radius 1 is 1.08 bits per heavy atom. The molecule has 0 spiro atoms. The smallest absolute Gasteiger partial charge is 0.411 e. The van der Waals surface area contributed by atoms with E-state index in [2.05, 4.69) is 0 Å². The number of piperidine rings is 1. The van der Waals surface area contributed by atoms with Crippen molar-refractivity contribution in [3.63, 3.8) is 0 Å². The molecule has 0 N–H and O–H groups in total. The van der Waals surface area contributed by atoms with Crippen molar-refractivity contribution < 1.29 is 19.4 Å². The van der Waals surface area contributed by atoms with Gasteiger partial charge in [0.1, 0.15) is 12.2 Å². The lowest BCUT2D eigenvalue weighted by molar-refractivity contribution is -0.396. The Morgan fingerprint density at radius 2 is 1.54 bits per heavy atom. The zero-order valence-electron chi connectivity index (χ0n) is 15.4. The highest BCUT2D eigenvalue weighted by Gasteiger charge is 2.45. The molecule has 0 aromatic heterocycles. The maximum atomic E-state index is 12.7. The van der Waals surface area contributed by atoms with Crippen LogP contribution in [0.4, 0.5) is 16.2 Å². The van der Waals surface area contributed by atoms with Crippen molar-refractivity contribution in [3.05, 3.63) is 44.0 Å². The van der Waals surface area contributed by atoms with Gasteiger partial charge in [-0.15, -0.1) is 0 Å². The standard InChI is InChI=1S/C17H23N3O6/c1-16(2)9-6-10-17(3,4)18(16)15(21)26-11-12-13(19(22)23)7-5-8-14(12)20(24)25/h5,7-8H,6,9-11H2,1-4H3. The zero-order valence-corrected chi connectivity index (χ0v) is 15.4. The van der Waals surface area contributed by atoms with E-state index in [-0.39, 0.29) is 5.56 Å². The largest absolute Gasteiger partial charge is 0.444 e. The van der Waals surface area contributed by atoms with Crippen molar-refractivity contribution in [1.82, 2.24) is 4.90 Å². The molecule has 0 aliphatic carbocycles. The average molecular weight is 365 g/mol. The minimum Gasteiger partial charge on any atom is -0.444 e. The van der Waals surface area contributed by atoms with Crippen LogP contribution in [0.15, 0.2) is 18.2 Å². The average Bonchev–Trinajstić information content (AvgIpc) is 2.50. The maximum Gasteiger partial charge on any atom is 0.411 e. The summed E-state index contributed by atoms with van der Waals surface area (Å²) < 4.78 is 5.30. The van der Waals surface area contributed by atoms with Gasteiger partial charge in [-0.2, -0.15) is 0 Å². The first kappa shape index (κ1) is 19.6. The molecule has 1 aliphatic heterocycles. The molecule has 0 atom stereocenters. The molecule has 9 heteroatoms. The summed E-state index contributed by atoms with van der Waals surface area (Å²) in [4.78, 5) is 35.3. The number of benzene rings is 1. The maximum absolute atomic E-state index is 12.7. The van der Waals surface area contributed by atoms with Crippen molar-refractivity contribution >= 4 is 17.5 Å². The molecule has 1 amide bonds. The van der Waals surface area contributed by atoms with Crippen LogP contribution >= 0.6 is 0 Å². The second kappa shape index (κ2) is 6.89. The van der Waals surface area contributed by atoms with E-state index in [9.17, 15) is 25.0 Å². The van der Waals surface area contributed by atoms with Crippen LogP contribution in [0.2, 0.25) is 0 Å². The van der Waals surface area contributed by atoms with Crippen LogP contribution in [-0.2, 0) is 11.3 Å². The SMILES string of the molecule is CC1(C)CCCC(C)(C)N1C(=O)OCc1c([N+](=O)[O-])cccc1[N+](=O)[O-]. The van der Waals surface area contributed by atoms with Gasteiger partial charge in [0.05, 0.1) is 9.85 Å². The van der Waals surface area contributed by atoms with E-state index in [1.807, 2.05) is 27.7 Å². The van der Waals surface area contributed by atoms with Crippen molar-refractivity contribution in [2.45, 2.75) is 64.6 Å². The summed E-state index contributed by atoms with van der Waals surface area (Å²) in [5.74, 6) is 0. The van der Waals surface area contributed by atoms with Gasteiger partial charge >= 0.3 is 6.09 Å². The molecule has 2 rings (SSSR count). The Bertz CT molecular complexity index is 696. The second-order valence-electron chi connectivity index (χ2n) is 7.66. The Morgan fingerprint density at radius 3 is 1.96 bits per heavy atom. The van der Waals surface area contributed by atoms with Crippen LogP contribution < -0.4 is 0 Å². The van der Waals surface area contributed by atoms with Crippen molar-refractivity contribution in [1.29, 1.82) is 0 Å². The number of nitro benzene ring substituents is 2. The first-order valence-corrected chi connectivity index (χ1v) is 8.35. The number of ether oxygens (including phenoxy) is 1. The fraction of sp³-hybridized carbons (Fsp3) is 0.588. The molecule has 0 radical (unpaired) electrons. The molecule has 0 saturated carbocycles. The summed E-state index contributed by atoms with van der Waals surface area (Å²) in [6, 6.07) is 3.55. The molecule has 0 bridgehead atoms. The van der Waals surface area contributed by atoms with E-state index >= 15 is 0 Å². The predicted octanol–water partition coefficient (Wildman–Crippen LogP) is 4.18. The number of hydrogen-bond acceptors (Lipinski definition) is 6. The predicted molar refractivity (Wildman–Crippen MR) is 93.8 cm³/mol. The third-order valence-electron chi connectivity index (χ3n) is 4.83. The summed E-state index contributed by atoms with van der Waals surface area (Å²) in [6.45, 7) is 7.20. The molecule has 1 fully saturated rings. The Balaban J connectivity index is 2.29. The number of amides is 1. The number of likely N-dealkylation sites (tertiary alicyclic amines) is 1. The fourth-order valence-electron chi connectivity index (χ4n) is 3.74. The topological polar surface area (TPSA) is 116 Å². The van der Waals surface area contributed by atoms with Gasteiger partial charge in [-0.1, -0.05) is 0 Å². The van der Waals surface area contributed by atoms with Crippen molar-refractivity contribution in [2.75, 3.05) is 0 Å². The van der Waals surface area contributed by atoms with E-state index in [1.54, 1.807) is 4.90 Å². The number of hydrogen-bond donors (Lipinski definition) is 0. The van der Waals surface area contributed by atoms with Crippen molar-refractivity contribution in [2.24, 2.45) is 0 Å². The lowest BCUT2D eigenvalue weighted by Gasteiger charge is -2.51. The van der Waals surface area contributed by atoms with E-state index in [0.717, 1.165) is 31.4 Å². The van der Waals surface area contributed by atoms with Gasteiger partial charge in [-0.3, -0.25) is 25.1 Å². The van der Waals surface area contributed by atoms with E-state index in [0.29, 0.717) is 0 Å². The molecule has 1 saturated heterocycles. The monoisotopic (exact) mass is 365 g/mol. The minimum absolute atomic E-state index is 0.219. The quantitative estimate of drug-likeness (QED) is 0.583. The fourth-order valence-corrected chi connectivity index (χ4v) is 3.74. The third kappa shape index (κ3) is 3.76. The first-order valence-electron chi connectivity index (χ1n) is 8.35. The minimum atomic E-state index is -0.717. The van der Waals surface area contributed by atoms with E-state index < -0.39 is 45.0 Å². The van der Waals surface area contributed by atoms with Gasteiger partial charge in [-0.25, -0.2) is 4.79 Å². The second-order valence-corrected chi connectivity index (χ2v) is 7.66. The Kier molecular flexibility index (Phi) is 5.20. The van der Waals surface area contributed by atoms with Crippen molar-refractivity contribution in [3.8, 4) is 0 Å². The molecular weight excluding hydrogens is 342 g/mol. The Labute approximate surface area is 151 Å². The van der Waals surface area contributed by atoms with Crippen LogP contribution in [0.25, 0.3) is 0 Å². The van der Waals surface area contributed by atoms with Crippen LogP contribution in [0.3, 0.4) is 0 Å². The third-order valence-corrected chi connectivity index (χ3v) is 4.83.